The van der Waals surface area contributed by atoms with Gasteiger partial charge in [-0.1, -0.05) is 25.1 Å². The number of ether oxygens (including phenoxy) is 1. The molecular formula is C25H20Br2N2O4. The van der Waals surface area contributed by atoms with E-state index in [1.165, 1.54) is 12.1 Å². The number of nitrogens with zero attached hydrogens (tertiary/aromatic N) is 2. The summed E-state index contributed by atoms with van der Waals surface area (Å²) < 4.78 is 7.41. The summed E-state index contributed by atoms with van der Waals surface area (Å²) in [4.78, 5) is 25.3. The number of nitro benzene ring substituents is 1. The Bertz CT molecular complexity index is 1230. The number of amides is 1. The number of non-ortho nitro benzene ring substituents is 1. The Morgan fingerprint density at radius 2 is 1.73 bits per heavy atom. The largest absolute Gasteiger partial charge is 0.487 e. The van der Waals surface area contributed by atoms with Gasteiger partial charge in [-0.05, 0) is 85.8 Å². The van der Waals surface area contributed by atoms with E-state index in [-0.39, 0.29) is 18.2 Å². The predicted octanol–water partition coefficient (Wildman–Crippen LogP) is 7.00. The molecule has 1 heterocycles. The molecule has 1 aliphatic rings. The van der Waals surface area contributed by atoms with Gasteiger partial charge in [0, 0.05) is 29.8 Å². The van der Waals surface area contributed by atoms with Crippen molar-refractivity contribution in [3.8, 4) is 5.75 Å². The van der Waals surface area contributed by atoms with Gasteiger partial charge in [-0.25, -0.2) is 0 Å². The van der Waals surface area contributed by atoms with Gasteiger partial charge in [-0.15, -0.1) is 0 Å². The first kappa shape index (κ1) is 23.2. The van der Waals surface area contributed by atoms with Crippen molar-refractivity contribution in [2.75, 3.05) is 11.4 Å². The van der Waals surface area contributed by atoms with Crippen molar-refractivity contribution in [2.45, 2.75) is 20.0 Å². The van der Waals surface area contributed by atoms with Crippen molar-refractivity contribution in [3.63, 3.8) is 0 Å². The molecule has 1 aliphatic heterocycles. The number of fused-ring (bicyclic) bond motifs is 1. The summed E-state index contributed by atoms with van der Waals surface area (Å²) in [7, 11) is 0. The Morgan fingerprint density at radius 3 is 2.36 bits per heavy atom. The van der Waals surface area contributed by atoms with E-state index >= 15 is 0 Å². The molecule has 3 aromatic rings. The normalized spacial score (nSPS) is 14.0. The van der Waals surface area contributed by atoms with Gasteiger partial charge in [-0.3, -0.25) is 14.9 Å². The second-order valence-electron chi connectivity index (χ2n) is 7.56. The molecule has 8 heteroatoms. The topological polar surface area (TPSA) is 72.7 Å². The van der Waals surface area contributed by atoms with Crippen LogP contribution in [0.1, 0.15) is 30.0 Å². The molecule has 168 valence electrons. The Morgan fingerprint density at radius 1 is 1.06 bits per heavy atom. The van der Waals surface area contributed by atoms with Gasteiger partial charge >= 0.3 is 0 Å². The standard InChI is InChI=1S/C25H20Br2N2O4/c1-2-11-28-23-6-4-3-5-19(23)20(25(28)30)12-17-13-21(26)24(22(27)14-17)33-15-16-7-9-18(10-8-16)29(31)32/h3-10,12-14H,2,11,15H2,1H3/b20-12-. The number of para-hydroxylation sites is 1. The lowest BCUT2D eigenvalue weighted by Crippen LogP contribution is -2.26. The van der Waals surface area contributed by atoms with Crippen LogP contribution >= 0.6 is 31.9 Å². The minimum Gasteiger partial charge on any atom is -0.487 e. The monoisotopic (exact) mass is 570 g/mol. The van der Waals surface area contributed by atoms with Crippen molar-refractivity contribution in [2.24, 2.45) is 0 Å². The lowest BCUT2D eigenvalue weighted by Gasteiger charge is -2.15. The van der Waals surface area contributed by atoms with E-state index in [1.54, 1.807) is 12.1 Å². The lowest BCUT2D eigenvalue weighted by molar-refractivity contribution is -0.384. The average molecular weight is 572 g/mol. The molecule has 0 spiro atoms. The SMILES string of the molecule is CCCN1C(=O)/C(=C\c2cc(Br)c(OCc3ccc([N+](=O)[O-])cc3)c(Br)c2)c2ccccc21. The van der Waals surface area contributed by atoms with Gasteiger partial charge in [0.15, 0.2) is 0 Å². The highest BCUT2D eigenvalue weighted by molar-refractivity contribution is 9.11. The zero-order valence-electron chi connectivity index (χ0n) is 17.8. The van der Waals surface area contributed by atoms with Crippen LogP contribution in [0, 0.1) is 10.1 Å². The Hall–Kier alpha value is -2.97. The van der Waals surface area contributed by atoms with E-state index in [4.69, 9.17) is 4.74 Å². The zero-order chi connectivity index (χ0) is 23.5. The number of anilines is 1. The molecule has 33 heavy (non-hydrogen) atoms. The van der Waals surface area contributed by atoms with E-state index in [0.29, 0.717) is 17.9 Å². The molecule has 4 rings (SSSR count). The fourth-order valence-corrected chi connectivity index (χ4v) is 5.18. The summed E-state index contributed by atoms with van der Waals surface area (Å²) in [6, 6.07) is 17.9. The van der Waals surface area contributed by atoms with Crippen LogP contribution in [0.2, 0.25) is 0 Å². The van der Waals surface area contributed by atoms with Gasteiger partial charge in [0.25, 0.3) is 11.6 Å². The first-order chi connectivity index (χ1) is 15.9. The average Bonchev–Trinajstić information content (AvgIpc) is 3.05. The van der Waals surface area contributed by atoms with Crippen LogP contribution in [0.5, 0.6) is 5.75 Å². The van der Waals surface area contributed by atoms with Gasteiger partial charge in [0.2, 0.25) is 0 Å². The molecule has 0 unspecified atom stereocenters. The molecule has 0 atom stereocenters. The summed E-state index contributed by atoms with van der Waals surface area (Å²) >= 11 is 7.13. The maximum Gasteiger partial charge on any atom is 0.269 e. The van der Waals surface area contributed by atoms with Crippen molar-refractivity contribution >= 4 is 60.8 Å². The number of halogens is 2. The molecule has 0 fully saturated rings. The second kappa shape index (κ2) is 9.89. The molecule has 0 saturated carbocycles. The molecule has 0 aromatic heterocycles. The third-order valence-electron chi connectivity index (χ3n) is 5.27. The van der Waals surface area contributed by atoms with Crippen LogP contribution in [0.3, 0.4) is 0 Å². The van der Waals surface area contributed by atoms with Crippen molar-refractivity contribution in [1.29, 1.82) is 0 Å². The third-order valence-corrected chi connectivity index (χ3v) is 6.45. The third kappa shape index (κ3) is 4.86. The van der Waals surface area contributed by atoms with Crippen LogP contribution in [-0.2, 0) is 11.4 Å². The number of carbonyl (C=O) groups is 1. The number of benzene rings is 3. The zero-order valence-corrected chi connectivity index (χ0v) is 20.9. The molecule has 0 bridgehead atoms. The Balaban J connectivity index is 1.58. The molecule has 1 amide bonds. The summed E-state index contributed by atoms with van der Waals surface area (Å²) in [5.74, 6) is 0.616. The summed E-state index contributed by atoms with van der Waals surface area (Å²) in [5.41, 5.74) is 4.25. The summed E-state index contributed by atoms with van der Waals surface area (Å²) in [6.45, 7) is 2.99. The number of rotatable bonds is 7. The van der Waals surface area contributed by atoms with Gasteiger partial charge in [0.1, 0.15) is 12.4 Å². The summed E-state index contributed by atoms with van der Waals surface area (Å²) in [6.07, 6.45) is 2.78. The number of nitro groups is 1. The number of hydrogen-bond donors (Lipinski definition) is 0. The Labute approximate surface area is 208 Å². The van der Waals surface area contributed by atoms with E-state index in [9.17, 15) is 14.9 Å². The van der Waals surface area contributed by atoms with Gasteiger partial charge in [0.05, 0.1) is 19.6 Å². The van der Waals surface area contributed by atoms with Crippen LogP contribution in [-0.4, -0.2) is 17.4 Å². The van der Waals surface area contributed by atoms with E-state index in [1.807, 2.05) is 47.4 Å². The fourth-order valence-electron chi connectivity index (χ4n) is 3.73. The van der Waals surface area contributed by atoms with Crippen LogP contribution < -0.4 is 9.64 Å². The quantitative estimate of drug-likeness (QED) is 0.174. The highest BCUT2D eigenvalue weighted by Gasteiger charge is 2.31. The Kier molecular flexibility index (Phi) is 6.95. The molecule has 0 radical (unpaired) electrons. The highest BCUT2D eigenvalue weighted by atomic mass is 79.9. The van der Waals surface area contributed by atoms with Crippen LogP contribution in [0.4, 0.5) is 11.4 Å². The molecule has 6 nitrogen and oxygen atoms in total. The van der Waals surface area contributed by atoms with Crippen molar-refractivity contribution < 1.29 is 14.5 Å². The highest BCUT2D eigenvalue weighted by Crippen LogP contribution is 2.40. The first-order valence-corrected chi connectivity index (χ1v) is 12.0. The summed E-state index contributed by atoms with van der Waals surface area (Å²) in [5, 5.41) is 10.8. The first-order valence-electron chi connectivity index (χ1n) is 10.4. The number of carbonyl (C=O) groups excluding carboxylic acids is 1. The van der Waals surface area contributed by atoms with E-state index in [2.05, 4.69) is 38.8 Å². The minimum atomic E-state index is -0.431. The van der Waals surface area contributed by atoms with Crippen molar-refractivity contribution in [3.05, 3.63) is 96.4 Å². The fraction of sp³-hybridized carbons (Fsp3) is 0.160. The second-order valence-corrected chi connectivity index (χ2v) is 9.27. The van der Waals surface area contributed by atoms with Gasteiger partial charge in [-0.2, -0.15) is 0 Å². The van der Waals surface area contributed by atoms with E-state index in [0.717, 1.165) is 37.7 Å². The minimum absolute atomic E-state index is 0.00351. The smallest absolute Gasteiger partial charge is 0.269 e. The number of hydrogen-bond acceptors (Lipinski definition) is 4. The van der Waals surface area contributed by atoms with Crippen LogP contribution in [0.15, 0.2) is 69.6 Å². The maximum absolute atomic E-state index is 13.1. The maximum atomic E-state index is 13.1. The molecule has 0 saturated heterocycles. The van der Waals surface area contributed by atoms with Crippen LogP contribution in [0.25, 0.3) is 11.6 Å². The molecule has 3 aromatic carbocycles. The van der Waals surface area contributed by atoms with Gasteiger partial charge < -0.3 is 9.64 Å². The van der Waals surface area contributed by atoms with Crippen molar-refractivity contribution in [1.82, 2.24) is 0 Å². The molecule has 0 N–H and O–H groups in total. The lowest BCUT2D eigenvalue weighted by atomic mass is 10.0. The van der Waals surface area contributed by atoms with E-state index < -0.39 is 4.92 Å². The molecule has 0 aliphatic carbocycles. The molecular weight excluding hydrogens is 552 g/mol. The predicted molar refractivity (Wildman–Crippen MR) is 136 cm³/mol.